The van der Waals surface area contributed by atoms with Gasteiger partial charge in [0.05, 0.1) is 40.7 Å². The van der Waals surface area contributed by atoms with Gasteiger partial charge in [0.1, 0.15) is 12.4 Å². The molecule has 2 aliphatic rings. The highest BCUT2D eigenvalue weighted by atomic mass is 32.1. The molecule has 6 rings (SSSR count). The predicted molar refractivity (Wildman–Crippen MR) is 151 cm³/mol. The van der Waals surface area contributed by atoms with Crippen molar-refractivity contribution in [3.05, 3.63) is 75.4 Å². The van der Waals surface area contributed by atoms with Gasteiger partial charge in [0.15, 0.2) is 5.78 Å². The summed E-state index contributed by atoms with van der Waals surface area (Å²) in [6.07, 6.45) is 3.12. The second-order valence-corrected chi connectivity index (χ2v) is 11.7. The van der Waals surface area contributed by atoms with Crippen molar-refractivity contribution in [1.29, 1.82) is 0 Å². The van der Waals surface area contributed by atoms with Crippen LogP contribution in [0.5, 0.6) is 5.88 Å². The fourth-order valence-corrected chi connectivity index (χ4v) is 6.19. The third kappa shape index (κ3) is 5.79. The lowest BCUT2D eigenvalue weighted by Crippen LogP contribution is -2.35. The Hall–Kier alpha value is -3.60. The van der Waals surface area contributed by atoms with E-state index in [4.69, 9.17) is 19.4 Å². The summed E-state index contributed by atoms with van der Waals surface area (Å²) >= 11 is 1.46. The molecule has 0 bridgehead atoms. The number of thiophene rings is 1. The van der Waals surface area contributed by atoms with Crippen molar-refractivity contribution in [2.75, 3.05) is 19.7 Å². The van der Waals surface area contributed by atoms with Crippen LogP contribution in [0.2, 0.25) is 0 Å². The highest BCUT2D eigenvalue weighted by molar-refractivity contribution is 7.14. The number of pyridine rings is 1. The Balaban J connectivity index is 1.10. The summed E-state index contributed by atoms with van der Waals surface area (Å²) in [7, 11) is 0. The zero-order valence-corrected chi connectivity index (χ0v) is 23.2. The number of ether oxygens (including phenoxy) is 2. The number of rotatable bonds is 10. The topological polar surface area (TPSA) is 107 Å². The van der Waals surface area contributed by atoms with Crippen molar-refractivity contribution in [3.63, 3.8) is 0 Å². The van der Waals surface area contributed by atoms with Gasteiger partial charge in [-0.3, -0.25) is 9.69 Å². The molecule has 40 heavy (non-hydrogen) atoms. The van der Waals surface area contributed by atoms with E-state index in [1.807, 2.05) is 24.3 Å². The monoisotopic (exact) mass is 560 g/mol. The molecule has 0 spiro atoms. The van der Waals surface area contributed by atoms with Gasteiger partial charge in [0.25, 0.3) is 0 Å². The first-order chi connectivity index (χ1) is 19.4. The second kappa shape index (κ2) is 11.5. The van der Waals surface area contributed by atoms with E-state index in [0.29, 0.717) is 31.5 Å². The first-order valence-corrected chi connectivity index (χ1v) is 14.5. The molecule has 5 heterocycles. The molecular weight excluding hydrogens is 528 g/mol. The molecule has 0 radical (unpaired) electrons. The smallest absolute Gasteiger partial charge is 0.335 e. The van der Waals surface area contributed by atoms with E-state index < -0.39 is 5.97 Å². The number of carbonyl (C=O) groups excluding carboxylic acids is 1. The lowest BCUT2D eigenvalue weighted by molar-refractivity contribution is -0.0592. The summed E-state index contributed by atoms with van der Waals surface area (Å²) < 4.78 is 13.8. The maximum absolute atomic E-state index is 11.6. The number of aromatic carboxylic acids is 1. The number of hydrogen-bond acceptors (Lipinski definition) is 8. The molecule has 4 aromatic rings. The largest absolute Gasteiger partial charge is 0.478 e. The number of fused-ring (bicyclic) bond motifs is 1. The highest BCUT2D eigenvalue weighted by Gasteiger charge is 2.26. The van der Waals surface area contributed by atoms with Crippen molar-refractivity contribution in [2.24, 2.45) is 0 Å². The van der Waals surface area contributed by atoms with Gasteiger partial charge in [-0.1, -0.05) is 6.07 Å². The van der Waals surface area contributed by atoms with Crippen molar-refractivity contribution >= 4 is 34.1 Å². The van der Waals surface area contributed by atoms with Crippen LogP contribution >= 0.6 is 11.3 Å². The van der Waals surface area contributed by atoms with Crippen LogP contribution < -0.4 is 4.74 Å². The Kier molecular flexibility index (Phi) is 7.64. The number of hydrogen-bond donors (Lipinski definition) is 1. The highest BCUT2D eigenvalue weighted by Crippen LogP contribution is 2.30. The number of ketones is 1. The summed E-state index contributed by atoms with van der Waals surface area (Å²) in [4.78, 5) is 37.0. The maximum Gasteiger partial charge on any atom is 0.335 e. The number of carboxylic acids is 1. The number of imidazole rings is 1. The molecule has 0 unspecified atom stereocenters. The number of aromatic nitrogens is 3. The molecule has 0 aliphatic carbocycles. The number of nitrogens with zero attached hydrogens (tertiary/aromatic N) is 4. The van der Waals surface area contributed by atoms with Gasteiger partial charge in [0.2, 0.25) is 5.88 Å². The second-order valence-electron chi connectivity index (χ2n) is 10.5. The standard InChI is InChI=1S/C30H32N4O5S/c1-19(35)27-8-6-23(40-27)18-39-29-4-2-3-24(32-29)20-9-12-33(13-10-20)17-28-31-25-7-5-21(30(36)37)15-26(25)34(28)16-22-11-14-38-22/h2-8,15,20,22H,9-14,16-18H2,1H3,(H,36,37)/t22-/m0/s1. The van der Waals surface area contributed by atoms with Crippen LogP contribution in [-0.2, 0) is 24.4 Å². The Morgan fingerprint density at radius 2 is 1.93 bits per heavy atom. The van der Waals surface area contributed by atoms with Crippen molar-refractivity contribution < 1.29 is 24.2 Å². The van der Waals surface area contributed by atoms with Crippen molar-refractivity contribution in [1.82, 2.24) is 19.4 Å². The Labute approximate surface area is 236 Å². The SMILES string of the molecule is CC(=O)c1ccc(COc2cccc(C3CCN(Cc4nc5ccc(C(=O)O)cc5n4C[C@@H]4CCO4)CC3)n2)s1. The molecule has 0 saturated carbocycles. The number of carboxylic acid groups (broad SMARTS) is 1. The molecule has 3 aromatic heterocycles. The van der Waals surface area contributed by atoms with Crippen LogP contribution in [0.15, 0.2) is 48.5 Å². The molecule has 9 nitrogen and oxygen atoms in total. The molecular formula is C30H32N4O5S. The third-order valence-corrected chi connectivity index (χ3v) is 8.90. The molecule has 208 valence electrons. The molecule has 2 saturated heterocycles. The van der Waals surface area contributed by atoms with Crippen LogP contribution in [0.3, 0.4) is 0 Å². The van der Waals surface area contributed by atoms with Gasteiger partial charge >= 0.3 is 5.97 Å². The zero-order chi connectivity index (χ0) is 27.6. The molecule has 2 aliphatic heterocycles. The molecule has 0 amide bonds. The van der Waals surface area contributed by atoms with E-state index in [2.05, 4.69) is 15.5 Å². The summed E-state index contributed by atoms with van der Waals surface area (Å²) in [5.74, 6) is 1.03. The molecule has 10 heteroatoms. The minimum Gasteiger partial charge on any atom is -0.478 e. The Morgan fingerprint density at radius 3 is 2.62 bits per heavy atom. The fourth-order valence-electron chi connectivity index (χ4n) is 5.38. The van der Waals surface area contributed by atoms with Gasteiger partial charge in [-0.05, 0) is 75.7 Å². The lowest BCUT2D eigenvalue weighted by atomic mass is 9.93. The summed E-state index contributed by atoms with van der Waals surface area (Å²) in [6.45, 7) is 5.97. The van der Waals surface area contributed by atoms with Crippen LogP contribution in [0.25, 0.3) is 11.0 Å². The molecule has 1 N–H and O–H groups in total. The summed E-state index contributed by atoms with van der Waals surface area (Å²) in [6, 6.07) is 14.9. The number of likely N-dealkylation sites (tertiary alicyclic amines) is 1. The Bertz CT molecular complexity index is 1530. The fraction of sp³-hybridized carbons (Fsp3) is 0.400. The lowest BCUT2D eigenvalue weighted by Gasteiger charge is -2.32. The van der Waals surface area contributed by atoms with Crippen molar-refractivity contribution in [3.8, 4) is 5.88 Å². The molecule has 1 aromatic carbocycles. The average Bonchev–Trinajstić information content (AvgIpc) is 3.54. The maximum atomic E-state index is 11.6. The van der Waals surface area contributed by atoms with Gasteiger partial charge in [-0.2, -0.15) is 0 Å². The van der Waals surface area contributed by atoms with E-state index in [1.165, 1.54) is 11.3 Å². The summed E-state index contributed by atoms with van der Waals surface area (Å²) in [5.41, 5.74) is 2.98. The van der Waals surface area contributed by atoms with Gasteiger partial charge < -0.3 is 19.1 Å². The van der Waals surface area contributed by atoms with Crippen molar-refractivity contribution in [2.45, 2.75) is 57.9 Å². The zero-order valence-electron chi connectivity index (χ0n) is 22.4. The quantitative estimate of drug-likeness (QED) is 0.266. The van der Waals surface area contributed by atoms with Crippen LogP contribution in [0, 0.1) is 0 Å². The van der Waals surface area contributed by atoms with E-state index in [-0.39, 0.29) is 17.5 Å². The normalized spacial score (nSPS) is 18.1. The third-order valence-electron chi connectivity index (χ3n) is 7.74. The molecule has 1 atom stereocenters. The van der Waals surface area contributed by atoms with E-state index in [1.54, 1.807) is 25.1 Å². The number of carbonyl (C=O) groups is 2. The average molecular weight is 561 g/mol. The van der Waals surface area contributed by atoms with Gasteiger partial charge in [-0.25, -0.2) is 14.8 Å². The minimum atomic E-state index is -0.935. The number of Topliss-reactive ketones (excluding diaryl/α,β-unsaturated/α-hetero) is 1. The van der Waals surface area contributed by atoms with E-state index >= 15 is 0 Å². The Morgan fingerprint density at radius 1 is 1.10 bits per heavy atom. The first kappa shape index (κ1) is 26.6. The van der Waals surface area contributed by atoms with Crippen LogP contribution in [0.4, 0.5) is 0 Å². The minimum absolute atomic E-state index is 0.0691. The number of piperidine rings is 1. The molecule has 2 fully saturated rings. The predicted octanol–water partition coefficient (Wildman–Crippen LogP) is 5.14. The van der Waals surface area contributed by atoms with E-state index in [9.17, 15) is 14.7 Å². The summed E-state index contributed by atoms with van der Waals surface area (Å²) in [5, 5.41) is 9.49. The first-order valence-electron chi connectivity index (χ1n) is 13.7. The van der Waals surface area contributed by atoms with Gasteiger partial charge in [0, 0.05) is 29.2 Å². The van der Waals surface area contributed by atoms with Gasteiger partial charge in [-0.15, -0.1) is 11.3 Å². The number of benzene rings is 1. The van der Waals surface area contributed by atoms with E-state index in [0.717, 1.165) is 71.3 Å². The van der Waals surface area contributed by atoms with Crippen LogP contribution in [0.1, 0.15) is 68.5 Å². The van der Waals surface area contributed by atoms with Crippen LogP contribution in [-0.4, -0.2) is 62.1 Å².